The smallest absolute Gasteiger partial charge is 0.318 e. The van der Waals surface area contributed by atoms with Crippen molar-refractivity contribution >= 4 is 10.0 Å². The van der Waals surface area contributed by atoms with Gasteiger partial charge in [0.25, 0.3) is 0 Å². The summed E-state index contributed by atoms with van der Waals surface area (Å²) in [5.41, 5.74) is -0.878. The number of halogens is 3. The van der Waals surface area contributed by atoms with Crippen molar-refractivity contribution < 1.29 is 21.6 Å². The molecule has 1 aromatic rings. The molecule has 0 spiro atoms. The molecule has 0 fully saturated rings. The Bertz CT molecular complexity index is 483. The van der Waals surface area contributed by atoms with E-state index in [1.165, 1.54) is 0 Å². The van der Waals surface area contributed by atoms with Crippen LogP contribution in [0.3, 0.4) is 0 Å². The first kappa shape index (κ1) is 14.9. The monoisotopic (exact) mass is 282 g/mol. The molecule has 0 aliphatic rings. The predicted octanol–water partition coefficient (Wildman–Crippen LogP) is 1.20. The Morgan fingerprint density at radius 2 is 1.67 bits per heavy atom. The van der Waals surface area contributed by atoms with E-state index in [9.17, 15) is 21.6 Å². The molecule has 1 rings (SSSR count). The van der Waals surface area contributed by atoms with Gasteiger partial charge >= 0.3 is 6.18 Å². The third kappa shape index (κ3) is 3.97. The fourth-order valence-corrected chi connectivity index (χ4v) is 2.25. The second kappa shape index (κ2) is 5.68. The summed E-state index contributed by atoms with van der Waals surface area (Å²) >= 11 is 0. The molecule has 8 heteroatoms. The molecule has 0 unspecified atom stereocenters. The zero-order valence-electron chi connectivity index (χ0n) is 9.58. The van der Waals surface area contributed by atoms with Crippen LogP contribution in [0.4, 0.5) is 13.2 Å². The van der Waals surface area contributed by atoms with E-state index in [2.05, 4.69) is 10.0 Å². The van der Waals surface area contributed by atoms with Gasteiger partial charge in [0, 0.05) is 13.1 Å². The Labute approximate surface area is 103 Å². The van der Waals surface area contributed by atoms with E-state index in [0.29, 0.717) is 6.54 Å². The van der Waals surface area contributed by atoms with E-state index in [4.69, 9.17) is 0 Å². The van der Waals surface area contributed by atoms with Gasteiger partial charge in [0.1, 0.15) is 0 Å². The minimum atomic E-state index is -4.47. The highest BCUT2D eigenvalue weighted by atomic mass is 32.2. The molecule has 0 atom stereocenters. The van der Waals surface area contributed by atoms with Gasteiger partial charge in [0.2, 0.25) is 10.0 Å². The molecule has 0 aliphatic heterocycles. The Morgan fingerprint density at radius 3 is 2.11 bits per heavy atom. The largest absolute Gasteiger partial charge is 0.416 e. The highest BCUT2D eigenvalue weighted by Gasteiger charge is 2.30. The second-order valence-corrected chi connectivity index (χ2v) is 5.29. The van der Waals surface area contributed by atoms with E-state index >= 15 is 0 Å². The topological polar surface area (TPSA) is 58.2 Å². The number of alkyl halides is 3. The SMILES string of the molecule is CNCCNS(=O)(=O)c1ccc(C(F)(F)F)cc1. The molecule has 0 amide bonds. The number of hydrogen-bond donors (Lipinski definition) is 2. The summed E-state index contributed by atoms with van der Waals surface area (Å²) in [6.07, 6.45) is -4.47. The zero-order chi connectivity index (χ0) is 13.8. The van der Waals surface area contributed by atoms with Crippen molar-refractivity contribution in [2.24, 2.45) is 0 Å². The average Bonchev–Trinajstić information content (AvgIpc) is 2.28. The summed E-state index contributed by atoms with van der Waals surface area (Å²) in [6.45, 7) is 0.597. The summed E-state index contributed by atoms with van der Waals surface area (Å²) < 4.78 is 62.4. The lowest BCUT2D eigenvalue weighted by atomic mass is 10.2. The molecule has 0 bridgehead atoms. The van der Waals surface area contributed by atoms with E-state index in [0.717, 1.165) is 24.3 Å². The summed E-state index contributed by atoms with van der Waals surface area (Å²) in [5, 5.41) is 2.75. The second-order valence-electron chi connectivity index (χ2n) is 3.52. The molecule has 18 heavy (non-hydrogen) atoms. The highest BCUT2D eigenvalue weighted by Crippen LogP contribution is 2.29. The van der Waals surface area contributed by atoms with Crippen molar-refractivity contribution in [1.29, 1.82) is 0 Å². The fraction of sp³-hybridized carbons (Fsp3) is 0.400. The maximum atomic E-state index is 12.3. The third-order valence-electron chi connectivity index (χ3n) is 2.16. The van der Waals surface area contributed by atoms with Crippen molar-refractivity contribution in [3.05, 3.63) is 29.8 Å². The van der Waals surface area contributed by atoms with Gasteiger partial charge in [-0.05, 0) is 31.3 Å². The van der Waals surface area contributed by atoms with Crippen LogP contribution in [0.15, 0.2) is 29.2 Å². The van der Waals surface area contributed by atoms with Crippen LogP contribution in [0.2, 0.25) is 0 Å². The van der Waals surface area contributed by atoms with Crippen LogP contribution in [0.1, 0.15) is 5.56 Å². The molecular weight excluding hydrogens is 269 g/mol. The van der Waals surface area contributed by atoms with Gasteiger partial charge in [0.05, 0.1) is 10.5 Å². The lowest BCUT2D eigenvalue weighted by Crippen LogP contribution is -2.30. The normalized spacial score (nSPS) is 12.7. The van der Waals surface area contributed by atoms with Gasteiger partial charge in [-0.1, -0.05) is 0 Å². The Morgan fingerprint density at radius 1 is 1.11 bits per heavy atom. The lowest BCUT2D eigenvalue weighted by Gasteiger charge is -2.09. The molecule has 2 N–H and O–H groups in total. The maximum Gasteiger partial charge on any atom is 0.416 e. The Balaban J connectivity index is 2.85. The summed E-state index contributed by atoms with van der Waals surface area (Å²) in [7, 11) is -2.09. The van der Waals surface area contributed by atoms with E-state index in [-0.39, 0.29) is 11.4 Å². The molecule has 0 heterocycles. The van der Waals surface area contributed by atoms with Crippen LogP contribution in [0.5, 0.6) is 0 Å². The fourth-order valence-electron chi connectivity index (χ4n) is 1.22. The van der Waals surface area contributed by atoms with E-state index < -0.39 is 21.8 Å². The Kier molecular flexibility index (Phi) is 4.71. The van der Waals surface area contributed by atoms with Gasteiger partial charge in [-0.25, -0.2) is 13.1 Å². The van der Waals surface area contributed by atoms with E-state index in [1.54, 1.807) is 7.05 Å². The van der Waals surface area contributed by atoms with Crippen molar-refractivity contribution in [3.63, 3.8) is 0 Å². The minimum absolute atomic E-state index is 0.167. The number of sulfonamides is 1. The van der Waals surface area contributed by atoms with Crippen LogP contribution < -0.4 is 10.0 Å². The van der Waals surface area contributed by atoms with Gasteiger partial charge < -0.3 is 5.32 Å². The van der Waals surface area contributed by atoms with Crippen molar-refractivity contribution in [2.45, 2.75) is 11.1 Å². The first-order chi connectivity index (χ1) is 8.27. The average molecular weight is 282 g/mol. The number of nitrogens with one attached hydrogen (secondary N) is 2. The van der Waals surface area contributed by atoms with Gasteiger partial charge in [-0.3, -0.25) is 0 Å². The zero-order valence-corrected chi connectivity index (χ0v) is 10.4. The summed E-state index contributed by atoms with van der Waals surface area (Å²) in [5.74, 6) is 0. The lowest BCUT2D eigenvalue weighted by molar-refractivity contribution is -0.137. The summed E-state index contributed by atoms with van der Waals surface area (Å²) in [6, 6.07) is 3.36. The van der Waals surface area contributed by atoms with Crippen LogP contribution in [0.25, 0.3) is 0 Å². The quantitative estimate of drug-likeness (QED) is 0.798. The maximum absolute atomic E-state index is 12.3. The molecule has 0 aliphatic carbocycles. The minimum Gasteiger partial charge on any atom is -0.318 e. The molecule has 0 saturated carbocycles. The van der Waals surface area contributed by atoms with Crippen molar-refractivity contribution in [1.82, 2.24) is 10.0 Å². The Hall–Kier alpha value is -1.12. The molecular formula is C10H13F3N2O2S. The highest BCUT2D eigenvalue weighted by molar-refractivity contribution is 7.89. The van der Waals surface area contributed by atoms with Crippen molar-refractivity contribution in [2.75, 3.05) is 20.1 Å². The molecule has 0 aromatic heterocycles. The molecule has 1 aromatic carbocycles. The van der Waals surface area contributed by atoms with Crippen LogP contribution in [0, 0.1) is 0 Å². The predicted molar refractivity (Wildman–Crippen MR) is 60.6 cm³/mol. The number of likely N-dealkylation sites (N-methyl/N-ethyl adjacent to an activating group) is 1. The van der Waals surface area contributed by atoms with Crippen LogP contribution in [-0.4, -0.2) is 28.6 Å². The van der Waals surface area contributed by atoms with Gasteiger partial charge in [0.15, 0.2) is 0 Å². The number of rotatable bonds is 5. The van der Waals surface area contributed by atoms with Gasteiger partial charge in [-0.15, -0.1) is 0 Å². The van der Waals surface area contributed by atoms with Crippen molar-refractivity contribution in [3.8, 4) is 0 Å². The molecule has 0 radical (unpaired) electrons. The van der Waals surface area contributed by atoms with E-state index in [1.807, 2.05) is 0 Å². The standard InChI is InChI=1S/C10H13F3N2O2S/c1-14-6-7-15-18(16,17)9-4-2-8(3-5-9)10(11,12)13/h2-5,14-15H,6-7H2,1H3. The number of hydrogen-bond acceptors (Lipinski definition) is 3. The molecule has 4 nitrogen and oxygen atoms in total. The molecule has 0 saturated heterocycles. The first-order valence-corrected chi connectivity index (χ1v) is 6.57. The summed E-state index contributed by atoms with van der Waals surface area (Å²) in [4.78, 5) is -0.188. The third-order valence-corrected chi connectivity index (χ3v) is 3.64. The molecule has 102 valence electrons. The van der Waals surface area contributed by atoms with Crippen LogP contribution in [-0.2, 0) is 16.2 Å². The number of benzene rings is 1. The van der Waals surface area contributed by atoms with Gasteiger partial charge in [-0.2, -0.15) is 13.2 Å². The van der Waals surface area contributed by atoms with Crippen LogP contribution >= 0.6 is 0 Å². The first-order valence-electron chi connectivity index (χ1n) is 5.09.